The summed E-state index contributed by atoms with van der Waals surface area (Å²) in [7, 11) is -2.93. The minimum Gasteiger partial charge on any atom is -0.490 e. The fourth-order valence-corrected chi connectivity index (χ4v) is 10.0. The highest BCUT2D eigenvalue weighted by Gasteiger charge is 2.49. The molecule has 2 aromatic carbocycles. The van der Waals surface area contributed by atoms with Crippen LogP contribution in [0, 0.1) is 17.8 Å². The Bertz CT molecular complexity index is 1530. The molecule has 45 heavy (non-hydrogen) atoms. The van der Waals surface area contributed by atoms with Crippen LogP contribution in [-0.2, 0) is 26.3 Å². The van der Waals surface area contributed by atoms with Gasteiger partial charge in [-0.05, 0) is 124 Å². The first-order valence-electron chi connectivity index (χ1n) is 16.7. The molecule has 1 fully saturated rings. The number of halogens is 1. The van der Waals surface area contributed by atoms with E-state index in [0.29, 0.717) is 31.8 Å². The van der Waals surface area contributed by atoms with Gasteiger partial charge < -0.3 is 19.5 Å². The van der Waals surface area contributed by atoms with Crippen molar-refractivity contribution in [1.29, 1.82) is 0 Å². The molecule has 7 nitrogen and oxygen atoms in total. The van der Waals surface area contributed by atoms with Gasteiger partial charge in [0.1, 0.15) is 5.75 Å². The van der Waals surface area contributed by atoms with Gasteiger partial charge in [-0.1, -0.05) is 31.0 Å². The molecule has 1 spiro atoms. The number of aliphatic hydroxyl groups is 1. The Hall–Kier alpha value is -2.26. The summed E-state index contributed by atoms with van der Waals surface area (Å²) in [5.74, 6) is 4.78. The van der Waals surface area contributed by atoms with Gasteiger partial charge in [-0.15, -0.1) is 0 Å². The number of fused-ring (bicyclic) bond motifs is 4. The zero-order chi connectivity index (χ0) is 32.0. The molecule has 2 aromatic rings. The van der Waals surface area contributed by atoms with Crippen LogP contribution in [0.2, 0.25) is 5.02 Å². The molecule has 1 unspecified atom stereocenters. The lowest BCUT2D eigenvalue weighted by atomic mass is 9.63. The fourth-order valence-electron chi connectivity index (χ4n) is 8.33. The van der Waals surface area contributed by atoms with Crippen LogP contribution in [0.3, 0.4) is 0 Å². The van der Waals surface area contributed by atoms with E-state index in [-0.39, 0.29) is 34.3 Å². The molecule has 6 rings (SSSR count). The third-order valence-corrected chi connectivity index (χ3v) is 13.8. The van der Waals surface area contributed by atoms with Crippen molar-refractivity contribution in [2.75, 3.05) is 37.8 Å². The van der Waals surface area contributed by atoms with Crippen molar-refractivity contribution >= 4 is 38.8 Å². The summed E-state index contributed by atoms with van der Waals surface area (Å²) in [4.78, 5) is 16.0. The number of amides is 1. The second-order valence-electron chi connectivity index (χ2n) is 14.2. The van der Waals surface area contributed by atoms with E-state index in [0.717, 1.165) is 74.5 Å². The largest absolute Gasteiger partial charge is 0.490 e. The Morgan fingerprint density at radius 3 is 2.73 bits per heavy atom. The van der Waals surface area contributed by atoms with Crippen molar-refractivity contribution in [2.24, 2.45) is 17.8 Å². The minimum absolute atomic E-state index is 0.0529. The normalized spacial score (nSPS) is 35.3. The monoisotopic (exact) mass is 656 g/mol. The Morgan fingerprint density at radius 1 is 1.16 bits per heavy atom. The summed E-state index contributed by atoms with van der Waals surface area (Å²) in [5.41, 5.74) is 2.69. The fraction of sp³-hybridized carbons (Fsp3) is 0.611. The first kappa shape index (κ1) is 32.7. The van der Waals surface area contributed by atoms with Crippen LogP contribution in [-0.4, -0.2) is 64.9 Å². The summed E-state index contributed by atoms with van der Waals surface area (Å²) in [6, 6.07) is 11.8. The molecule has 9 heteroatoms. The summed E-state index contributed by atoms with van der Waals surface area (Å²) in [5, 5.41) is 12.6. The molecule has 4 aliphatic rings. The van der Waals surface area contributed by atoms with E-state index in [9.17, 15) is 14.1 Å². The molecule has 2 N–H and O–H groups in total. The number of carbonyl (C=O) groups is 1. The van der Waals surface area contributed by atoms with Gasteiger partial charge in [0, 0.05) is 40.9 Å². The maximum Gasteiger partial charge on any atom is 0.262 e. The van der Waals surface area contributed by atoms with E-state index in [1.807, 2.05) is 32.0 Å². The number of nitrogens with zero attached hydrogens (tertiary/aromatic N) is 1. The molecule has 0 aromatic heterocycles. The molecular formula is C36H49ClN2O5S. The van der Waals surface area contributed by atoms with Gasteiger partial charge in [0.15, 0.2) is 0 Å². The first-order chi connectivity index (χ1) is 21.4. The average molecular weight is 657 g/mol. The lowest BCUT2D eigenvalue weighted by molar-refractivity contribution is -0.131. The highest BCUT2D eigenvalue weighted by Crippen LogP contribution is 2.49. The maximum absolute atomic E-state index is 13.8. The van der Waals surface area contributed by atoms with Gasteiger partial charge in [0.25, 0.3) is 5.91 Å². The van der Waals surface area contributed by atoms with E-state index < -0.39 is 15.3 Å². The molecule has 1 amide bonds. The summed E-state index contributed by atoms with van der Waals surface area (Å²) >= 11 is 6.44. The van der Waals surface area contributed by atoms with Crippen LogP contribution in [0.15, 0.2) is 36.4 Å². The zero-order valence-electron chi connectivity index (χ0n) is 27.0. The highest BCUT2D eigenvalue weighted by molar-refractivity contribution is 7.99. The van der Waals surface area contributed by atoms with Crippen molar-refractivity contribution in [2.45, 2.75) is 88.4 Å². The minimum atomic E-state index is -2.93. The molecule has 1 saturated carbocycles. The van der Waals surface area contributed by atoms with E-state index in [4.69, 9.17) is 21.1 Å². The number of hydrogen-bond donors (Lipinski definition) is 2. The number of nitrogens with one attached hydrogen (secondary N) is 1. The highest BCUT2D eigenvalue weighted by atomic mass is 35.5. The van der Waals surface area contributed by atoms with Gasteiger partial charge in [0.05, 0.1) is 34.2 Å². The van der Waals surface area contributed by atoms with Gasteiger partial charge >= 0.3 is 0 Å². The third-order valence-electron chi connectivity index (χ3n) is 11.4. The van der Waals surface area contributed by atoms with Crippen LogP contribution in [0.1, 0.15) is 87.2 Å². The Balaban J connectivity index is 1.43. The molecule has 2 aliphatic heterocycles. The number of aryl methyl sites for hydroxylation is 1. The van der Waals surface area contributed by atoms with Crippen molar-refractivity contribution in [3.63, 3.8) is 0 Å². The van der Waals surface area contributed by atoms with Crippen molar-refractivity contribution < 1.29 is 23.6 Å². The van der Waals surface area contributed by atoms with E-state index in [1.54, 1.807) is 6.07 Å². The van der Waals surface area contributed by atoms with Crippen molar-refractivity contribution in [1.82, 2.24) is 4.72 Å². The topological polar surface area (TPSA) is 88.1 Å². The van der Waals surface area contributed by atoms with E-state index in [1.165, 1.54) is 11.1 Å². The van der Waals surface area contributed by atoms with Gasteiger partial charge in [0.2, 0.25) is 0 Å². The lowest BCUT2D eigenvalue weighted by Crippen LogP contribution is -2.54. The van der Waals surface area contributed by atoms with Crippen molar-refractivity contribution in [3.8, 4) is 5.75 Å². The molecular weight excluding hydrogens is 608 g/mol. The number of anilines is 1. The van der Waals surface area contributed by atoms with Crippen LogP contribution < -0.4 is 14.4 Å². The maximum atomic E-state index is 13.8. The second kappa shape index (κ2) is 12.7. The molecule has 246 valence electrons. The third kappa shape index (κ3) is 6.37. The Kier molecular flexibility index (Phi) is 9.25. The second-order valence-corrected chi connectivity index (χ2v) is 17.0. The quantitative estimate of drug-likeness (QED) is 0.384. The first-order valence-corrected chi connectivity index (χ1v) is 18.9. The Morgan fingerprint density at radius 2 is 1.98 bits per heavy atom. The molecule has 0 saturated heterocycles. The van der Waals surface area contributed by atoms with Crippen LogP contribution >= 0.6 is 11.6 Å². The van der Waals surface area contributed by atoms with Crippen LogP contribution in [0.5, 0.6) is 5.75 Å². The van der Waals surface area contributed by atoms with E-state index >= 15 is 0 Å². The molecule has 2 heterocycles. The summed E-state index contributed by atoms with van der Waals surface area (Å²) in [6.07, 6.45) is 7.20. The summed E-state index contributed by atoms with van der Waals surface area (Å²) in [6.45, 7) is 8.81. The van der Waals surface area contributed by atoms with Gasteiger partial charge in [-0.3, -0.25) is 9.52 Å². The van der Waals surface area contributed by atoms with Crippen LogP contribution in [0.4, 0.5) is 5.69 Å². The molecule has 0 radical (unpaired) electrons. The SMILES string of the molecule is C=S1(=O)NC(=O)c2ccc3c(c2)N(C[C@@H]2CC[C@H]2[C@](O)(COCC)CCC[C@H](C)[C@H]1C)C[C@@]1(CCCc2cc(Cl)ccc21)CO3. The van der Waals surface area contributed by atoms with E-state index in [2.05, 4.69) is 34.5 Å². The Labute approximate surface area is 274 Å². The predicted octanol–water partition coefficient (Wildman–Crippen LogP) is 6.18. The van der Waals surface area contributed by atoms with Gasteiger partial charge in [-0.2, -0.15) is 0 Å². The molecule has 7 atom stereocenters. The van der Waals surface area contributed by atoms with Gasteiger partial charge in [-0.25, -0.2) is 4.21 Å². The summed E-state index contributed by atoms with van der Waals surface area (Å²) < 4.78 is 29.1. The zero-order valence-corrected chi connectivity index (χ0v) is 28.6. The molecule has 2 bridgehead atoms. The number of ether oxygens (including phenoxy) is 2. The number of rotatable bonds is 3. The number of benzene rings is 2. The van der Waals surface area contributed by atoms with Crippen LogP contribution in [0.25, 0.3) is 0 Å². The average Bonchev–Trinajstić information content (AvgIpc) is 3.14. The predicted molar refractivity (Wildman–Crippen MR) is 183 cm³/mol. The molecule has 2 aliphatic carbocycles. The standard InChI is InChI=1S/C36H49ClN2O5S/c1-5-43-23-36(41)17-6-8-24(2)25(3)45(4,42)38-34(40)27-11-15-33-32(19-27)39(20-28-10-13-31(28)36)21-35(22-44-33)16-7-9-26-18-29(37)12-14-30(26)35/h11-12,14-15,18-19,24-25,28,31,41H,4-10,13,16-17,20-23H2,1-3H3,(H,38,40,42)/t24-,25+,28-,31+,35-,36+,45?/m0/s1. The smallest absolute Gasteiger partial charge is 0.262 e. The van der Waals surface area contributed by atoms with Crippen molar-refractivity contribution in [3.05, 3.63) is 58.1 Å². The lowest BCUT2D eigenvalue weighted by Gasteiger charge is -2.50. The number of hydrogen-bond acceptors (Lipinski definition) is 6. The number of carbonyl (C=O) groups excluding carboxylic acids is 1.